The summed E-state index contributed by atoms with van der Waals surface area (Å²) in [6, 6.07) is 17.9. The van der Waals surface area contributed by atoms with Crippen LogP contribution >= 0.6 is 0 Å². The number of fused-ring (bicyclic) bond motifs is 1. The molecule has 0 bridgehead atoms. The van der Waals surface area contributed by atoms with Crippen molar-refractivity contribution in [3.63, 3.8) is 0 Å². The number of carbonyl (C=O) groups is 1. The number of para-hydroxylation sites is 1. The SMILES string of the molecule is O=C(CCn1c(=O)[nH]c(=O)c2ccccc21)OCc1cc(-c2ccccc2)on1. The van der Waals surface area contributed by atoms with Crippen molar-refractivity contribution in [1.29, 1.82) is 0 Å². The molecule has 0 amide bonds. The minimum absolute atomic E-state index is 0.0284. The first-order valence-electron chi connectivity index (χ1n) is 9.00. The number of nitrogens with zero attached hydrogens (tertiary/aromatic N) is 2. The van der Waals surface area contributed by atoms with Crippen molar-refractivity contribution in [2.24, 2.45) is 0 Å². The molecule has 0 saturated heterocycles. The van der Waals surface area contributed by atoms with E-state index in [0.29, 0.717) is 22.4 Å². The van der Waals surface area contributed by atoms with Crippen LogP contribution in [0.1, 0.15) is 12.1 Å². The third kappa shape index (κ3) is 4.01. The van der Waals surface area contributed by atoms with E-state index >= 15 is 0 Å². The van der Waals surface area contributed by atoms with Crippen LogP contribution in [0.4, 0.5) is 0 Å². The van der Waals surface area contributed by atoms with E-state index in [-0.39, 0.29) is 19.6 Å². The van der Waals surface area contributed by atoms with Crippen LogP contribution in [0.5, 0.6) is 0 Å². The number of hydrogen-bond acceptors (Lipinski definition) is 6. The molecule has 8 heteroatoms. The lowest BCUT2D eigenvalue weighted by molar-refractivity contribution is -0.145. The van der Waals surface area contributed by atoms with E-state index < -0.39 is 17.2 Å². The zero-order chi connectivity index (χ0) is 20.2. The van der Waals surface area contributed by atoms with Gasteiger partial charge in [0.05, 0.1) is 17.3 Å². The fourth-order valence-electron chi connectivity index (χ4n) is 3.01. The fraction of sp³-hybridized carbons (Fsp3) is 0.143. The lowest BCUT2D eigenvalue weighted by Crippen LogP contribution is -2.31. The molecule has 0 saturated carbocycles. The van der Waals surface area contributed by atoms with E-state index in [4.69, 9.17) is 9.26 Å². The van der Waals surface area contributed by atoms with E-state index in [2.05, 4.69) is 10.1 Å². The van der Waals surface area contributed by atoms with Crippen LogP contribution in [0.2, 0.25) is 0 Å². The Balaban J connectivity index is 1.39. The molecule has 0 unspecified atom stereocenters. The van der Waals surface area contributed by atoms with Crippen LogP contribution in [0.15, 0.2) is 74.8 Å². The third-order valence-electron chi connectivity index (χ3n) is 4.44. The molecule has 8 nitrogen and oxygen atoms in total. The van der Waals surface area contributed by atoms with Crippen molar-refractivity contribution in [1.82, 2.24) is 14.7 Å². The molecule has 0 fully saturated rings. The Morgan fingerprint density at radius 3 is 2.66 bits per heavy atom. The Morgan fingerprint density at radius 2 is 1.83 bits per heavy atom. The summed E-state index contributed by atoms with van der Waals surface area (Å²) >= 11 is 0. The monoisotopic (exact) mass is 391 g/mol. The number of carbonyl (C=O) groups excluding carboxylic acids is 1. The van der Waals surface area contributed by atoms with Gasteiger partial charge in [-0.15, -0.1) is 0 Å². The molecule has 0 radical (unpaired) electrons. The van der Waals surface area contributed by atoms with Gasteiger partial charge in [0, 0.05) is 18.2 Å². The number of aromatic amines is 1. The van der Waals surface area contributed by atoms with Crippen LogP contribution in [0.25, 0.3) is 22.2 Å². The van der Waals surface area contributed by atoms with E-state index in [1.807, 2.05) is 30.3 Å². The Labute approximate surface area is 164 Å². The number of H-pyrrole nitrogens is 1. The van der Waals surface area contributed by atoms with Crippen molar-refractivity contribution < 1.29 is 14.1 Å². The van der Waals surface area contributed by atoms with Crippen LogP contribution in [0.3, 0.4) is 0 Å². The van der Waals surface area contributed by atoms with Crippen molar-refractivity contribution in [3.05, 3.63) is 87.2 Å². The lowest BCUT2D eigenvalue weighted by atomic mass is 10.2. The van der Waals surface area contributed by atoms with Gasteiger partial charge < -0.3 is 9.26 Å². The van der Waals surface area contributed by atoms with Gasteiger partial charge in [-0.25, -0.2) is 4.79 Å². The van der Waals surface area contributed by atoms with Crippen LogP contribution in [0, 0.1) is 0 Å². The standard InChI is InChI=1S/C21H17N3O5/c25-19(28-13-15-12-18(29-23-15)14-6-2-1-3-7-14)10-11-24-17-9-5-4-8-16(17)20(26)22-21(24)27/h1-9,12H,10-11,13H2,(H,22,26,27). The van der Waals surface area contributed by atoms with Gasteiger partial charge in [0.25, 0.3) is 5.56 Å². The summed E-state index contributed by atoms with van der Waals surface area (Å²) in [5, 5.41) is 4.29. The maximum absolute atomic E-state index is 12.1. The number of rotatable bonds is 6. The predicted octanol–water partition coefficient (Wildman–Crippen LogP) is 2.48. The van der Waals surface area contributed by atoms with Gasteiger partial charge in [0.1, 0.15) is 12.3 Å². The molecule has 4 aromatic rings. The summed E-state index contributed by atoms with van der Waals surface area (Å²) < 4.78 is 11.8. The maximum Gasteiger partial charge on any atom is 0.328 e. The van der Waals surface area contributed by atoms with Gasteiger partial charge in [0.2, 0.25) is 0 Å². The van der Waals surface area contributed by atoms with E-state index in [1.54, 1.807) is 30.3 Å². The third-order valence-corrected chi connectivity index (χ3v) is 4.44. The molecule has 29 heavy (non-hydrogen) atoms. The average Bonchev–Trinajstić information content (AvgIpc) is 3.22. The lowest BCUT2D eigenvalue weighted by Gasteiger charge is -2.09. The van der Waals surface area contributed by atoms with Gasteiger partial charge in [-0.05, 0) is 12.1 Å². The molecule has 0 aliphatic rings. The highest BCUT2D eigenvalue weighted by molar-refractivity contribution is 5.78. The second-order valence-corrected chi connectivity index (χ2v) is 6.39. The maximum atomic E-state index is 12.1. The van der Waals surface area contributed by atoms with Crippen LogP contribution < -0.4 is 11.2 Å². The number of nitrogens with one attached hydrogen (secondary N) is 1. The van der Waals surface area contributed by atoms with E-state index in [1.165, 1.54) is 4.57 Å². The number of aromatic nitrogens is 3. The highest BCUT2D eigenvalue weighted by atomic mass is 16.5. The number of hydrogen-bond donors (Lipinski definition) is 1. The Morgan fingerprint density at radius 1 is 1.07 bits per heavy atom. The molecule has 146 valence electrons. The Hall–Kier alpha value is -3.94. The van der Waals surface area contributed by atoms with E-state index in [9.17, 15) is 14.4 Å². The zero-order valence-corrected chi connectivity index (χ0v) is 15.3. The summed E-state index contributed by atoms with van der Waals surface area (Å²) in [6.07, 6.45) is -0.0284. The molecule has 0 aliphatic carbocycles. The number of aryl methyl sites for hydroxylation is 1. The molecular formula is C21H17N3O5. The van der Waals surface area contributed by atoms with Crippen molar-refractivity contribution in [2.45, 2.75) is 19.6 Å². The first-order valence-corrected chi connectivity index (χ1v) is 9.00. The summed E-state index contributed by atoms with van der Waals surface area (Å²) in [5.41, 5.74) is 0.819. The Kier molecular flexibility index (Phi) is 5.07. The molecule has 0 atom stereocenters. The molecule has 4 rings (SSSR count). The zero-order valence-electron chi connectivity index (χ0n) is 15.3. The van der Waals surface area contributed by atoms with Gasteiger partial charge in [-0.1, -0.05) is 47.6 Å². The molecular weight excluding hydrogens is 374 g/mol. The van der Waals surface area contributed by atoms with Crippen molar-refractivity contribution >= 4 is 16.9 Å². The first-order chi connectivity index (χ1) is 14.1. The molecule has 2 heterocycles. The normalized spacial score (nSPS) is 10.9. The van der Waals surface area contributed by atoms with Gasteiger partial charge >= 0.3 is 11.7 Å². The first kappa shape index (κ1) is 18.4. The number of ether oxygens (including phenoxy) is 1. The molecule has 1 N–H and O–H groups in total. The van der Waals surface area contributed by atoms with Crippen LogP contribution in [-0.2, 0) is 22.7 Å². The summed E-state index contributed by atoms with van der Waals surface area (Å²) in [5.74, 6) is 0.0966. The summed E-state index contributed by atoms with van der Waals surface area (Å²) in [4.78, 5) is 38.4. The fourth-order valence-corrected chi connectivity index (χ4v) is 3.01. The summed E-state index contributed by atoms with van der Waals surface area (Å²) in [7, 11) is 0. The molecule has 0 spiro atoms. The second-order valence-electron chi connectivity index (χ2n) is 6.39. The quantitative estimate of drug-likeness (QED) is 0.506. The highest BCUT2D eigenvalue weighted by Crippen LogP contribution is 2.20. The van der Waals surface area contributed by atoms with Gasteiger partial charge in [-0.2, -0.15) is 0 Å². The largest absolute Gasteiger partial charge is 0.459 e. The average molecular weight is 391 g/mol. The highest BCUT2D eigenvalue weighted by Gasteiger charge is 2.12. The summed E-state index contributed by atoms with van der Waals surface area (Å²) in [6.45, 7) is 0.0550. The van der Waals surface area contributed by atoms with Crippen molar-refractivity contribution in [2.75, 3.05) is 0 Å². The molecule has 2 aromatic carbocycles. The van der Waals surface area contributed by atoms with Crippen molar-refractivity contribution in [3.8, 4) is 11.3 Å². The second kappa shape index (κ2) is 7.97. The number of esters is 1. The minimum Gasteiger partial charge on any atom is -0.459 e. The topological polar surface area (TPSA) is 107 Å². The molecule has 2 aromatic heterocycles. The van der Waals surface area contributed by atoms with Crippen LogP contribution in [-0.4, -0.2) is 20.7 Å². The van der Waals surface area contributed by atoms with Gasteiger partial charge in [-0.3, -0.25) is 19.1 Å². The molecule has 0 aliphatic heterocycles. The minimum atomic E-state index is -0.564. The van der Waals surface area contributed by atoms with Gasteiger partial charge in [0.15, 0.2) is 5.76 Å². The predicted molar refractivity (Wildman–Crippen MR) is 105 cm³/mol. The van der Waals surface area contributed by atoms with E-state index in [0.717, 1.165) is 5.56 Å². The Bertz CT molecular complexity index is 1270. The number of benzene rings is 2. The smallest absolute Gasteiger partial charge is 0.328 e.